The van der Waals surface area contributed by atoms with Crippen molar-refractivity contribution in [3.05, 3.63) is 59.1 Å². The fourth-order valence-corrected chi connectivity index (χ4v) is 4.26. The summed E-state index contributed by atoms with van der Waals surface area (Å²) < 4.78 is 31.8. The second kappa shape index (κ2) is 9.87. The molecule has 0 spiro atoms. The molecule has 7 nitrogen and oxygen atoms in total. The van der Waals surface area contributed by atoms with Crippen LogP contribution in [0.1, 0.15) is 31.1 Å². The van der Waals surface area contributed by atoms with E-state index in [-0.39, 0.29) is 28.6 Å². The van der Waals surface area contributed by atoms with Gasteiger partial charge in [-0.2, -0.15) is 4.31 Å². The third-order valence-corrected chi connectivity index (χ3v) is 6.57. The predicted octanol–water partition coefficient (Wildman–Crippen LogP) is 3.55. The summed E-state index contributed by atoms with van der Waals surface area (Å²) in [6, 6.07) is 12.5. The highest BCUT2D eigenvalue weighted by atomic mass is 35.5. The molecule has 0 heterocycles. The second-order valence-electron chi connectivity index (χ2n) is 6.13. The van der Waals surface area contributed by atoms with Gasteiger partial charge in [0.15, 0.2) is 6.10 Å². The molecule has 156 valence electrons. The number of amides is 1. The van der Waals surface area contributed by atoms with Crippen LogP contribution in [0.4, 0.5) is 5.69 Å². The molecule has 0 aliphatic heterocycles. The zero-order valence-corrected chi connectivity index (χ0v) is 18.0. The van der Waals surface area contributed by atoms with Gasteiger partial charge in [0.2, 0.25) is 10.0 Å². The first kappa shape index (κ1) is 22.9. The van der Waals surface area contributed by atoms with E-state index in [9.17, 15) is 18.0 Å². The number of para-hydroxylation sites is 1. The number of nitrogens with one attached hydrogen (secondary N) is 1. The van der Waals surface area contributed by atoms with Crippen molar-refractivity contribution < 1.29 is 22.7 Å². The number of ether oxygens (including phenoxy) is 1. The lowest BCUT2D eigenvalue weighted by molar-refractivity contribution is -0.123. The van der Waals surface area contributed by atoms with E-state index < -0.39 is 28.0 Å². The summed E-state index contributed by atoms with van der Waals surface area (Å²) in [4.78, 5) is 24.7. The second-order valence-corrected chi connectivity index (χ2v) is 8.48. The van der Waals surface area contributed by atoms with E-state index in [0.717, 1.165) is 0 Å². The smallest absolute Gasteiger partial charge is 0.340 e. The van der Waals surface area contributed by atoms with Crippen molar-refractivity contribution in [2.45, 2.75) is 31.8 Å². The molecule has 1 amide bonds. The number of esters is 1. The third kappa shape index (κ3) is 5.56. The lowest BCUT2D eigenvalue weighted by atomic mass is 10.2. The van der Waals surface area contributed by atoms with Gasteiger partial charge in [0.1, 0.15) is 0 Å². The third-order valence-electron chi connectivity index (χ3n) is 4.20. The van der Waals surface area contributed by atoms with E-state index in [1.807, 2.05) is 0 Å². The molecule has 1 atom stereocenters. The van der Waals surface area contributed by atoms with E-state index in [1.54, 1.807) is 44.2 Å². The van der Waals surface area contributed by atoms with E-state index in [1.165, 1.54) is 29.4 Å². The molecule has 29 heavy (non-hydrogen) atoms. The van der Waals surface area contributed by atoms with Gasteiger partial charge in [-0.3, -0.25) is 4.79 Å². The first-order chi connectivity index (χ1) is 13.7. The Bertz CT molecular complexity index is 976. The minimum atomic E-state index is -3.77. The van der Waals surface area contributed by atoms with Crippen LogP contribution in [0.3, 0.4) is 0 Å². The van der Waals surface area contributed by atoms with Crippen molar-refractivity contribution in [3.8, 4) is 0 Å². The molecule has 1 unspecified atom stereocenters. The van der Waals surface area contributed by atoms with Crippen molar-refractivity contribution in [2.24, 2.45) is 0 Å². The molecule has 0 aromatic heterocycles. The fourth-order valence-electron chi connectivity index (χ4n) is 2.58. The van der Waals surface area contributed by atoms with Crippen LogP contribution in [0.2, 0.25) is 5.02 Å². The number of anilines is 1. The van der Waals surface area contributed by atoms with Gasteiger partial charge in [0.25, 0.3) is 5.91 Å². The predicted molar refractivity (Wildman–Crippen MR) is 112 cm³/mol. The van der Waals surface area contributed by atoms with E-state index in [4.69, 9.17) is 16.3 Å². The summed E-state index contributed by atoms with van der Waals surface area (Å²) in [5.74, 6) is -1.41. The molecule has 0 aliphatic rings. The van der Waals surface area contributed by atoms with Crippen molar-refractivity contribution in [2.75, 3.05) is 18.4 Å². The Morgan fingerprint density at radius 1 is 1.10 bits per heavy atom. The number of benzene rings is 2. The van der Waals surface area contributed by atoms with Gasteiger partial charge in [-0.1, -0.05) is 43.6 Å². The fraction of sp³-hybridized carbons (Fsp3) is 0.300. The number of halogens is 1. The average Bonchev–Trinajstić information content (AvgIpc) is 2.69. The molecule has 1 N–H and O–H groups in total. The van der Waals surface area contributed by atoms with Crippen molar-refractivity contribution >= 4 is 39.2 Å². The number of carbonyl (C=O) groups excluding carboxylic acids is 2. The normalized spacial score (nSPS) is 12.4. The maximum absolute atomic E-state index is 12.7. The first-order valence-corrected chi connectivity index (χ1v) is 10.9. The van der Waals surface area contributed by atoms with Crippen LogP contribution in [-0.2, 0) is 19.6 Å². The molecule has 9 heteroatoms. The molecule has 0 radical (unpaired) electrons. The Hall–Kier alpha value is -2.42. The van der Waals surface area contributed by atoms with Crippen LogP contribution < -0.4 is 5.32 Å². The van der Waals surface area contributed by atoms with Gasteiger partial charge < -0.3 is 10.1 Å². The molecule has 2 aromatic rings. The van der Waals surface area contributed by atoms with Gasteiger partial charge >= 0.3 is 5.97 Å². The summed E-state index contributed by atoms with van der Waals surface area (Å²) in [6.45, 7) is 5.44. The summed E-state index contributed by atoms with van der Waals surface area (Å²) in [6.07, 6.45) is -1.11. The molecule has 0 bridgehead atoms. The number of carbonyl (C=O) groups is 2. The topological polar surface area (TPSA) is 92.8 Å². The highest BCUT2D eigenvalue weighted by Gasteiger charge is 2.26. The monoisotopic (exact) mass is 438 g/mol. The van der Waals surface area contributed by atoms with Crippen molar-refractivity contribution in [1.29, 1.82) is 0 Å². The molecule has 2 aromatic carbocycles. The maximum atomic E-state index is 12.7. The molecule has 2 rings (SSSR count). The number of rotatable bonds is 8. The SMILES string of the molecule is CCN(CC)S(=O)(=O)c1ccc(Cl)c(C(=O)OC(C)C(=O)Nc2ccccc2)c1. The molecule has 0 saturated carbocycles. The van der Waals surface area contributed by atoms with Crippen LogP contribution in [0.25, 0.3) is 0 Å². The highest BCUT2D eigenvalue weighted by Crippen LogP contribution is 2.24. The van der Waals surface area contributed by atoms with Crippen molar-refractivity contribution in [1.82, 2.24) is 4.31 Å². The van der Waals surface area contributed by atoms with Crippen LogP contribution in [-0.4, -0.2) is 43.8 Å². The average molecular weight is 439 g/mol. The number of hydrogen-bond donors (Lipinski definition) is 1. The summed E-state index contributed by atoms with van der Waals surface area (Å²) in [7, 11) is -3.77. The van der Waals surface area contributed by atoms with Crippen LogP contribution in [0.5, 0.6) is 0 Å². The standard InChI is InChI=1S/C20H23ClN2O5S/c1-4-23(5-2)29(26,27)16-11-12-18(21)17(13-16)20(25)28-14(3)19(24)22-15-9-7-6-8-10-15/h6-14H,4-5H2,1-3H3,(H,22,24). The van der Waals surface area contributed by atoms with Gasteiger partial charge in [-0.15, -0.1) is 0 Å². The van der Waals surface area contributed by atoms with Crippen molar-refractivity contribution in [3.63, 3.8) is 0 Å². The zero-order chi connectivity index (χ0) is 21.6. The molecule has 0 fully saturated rings. The van der Waals surface area contributed by atoms with Gasteiger partial charge in [-0.25, -0.2) is 13.2 Å². The molecular weight excluding hydrogens is 416 g/mol. The number of sulfonamides is 1. The zero-order valence-electron chi connectivity index (χ0n) is 16.4. The Morgan fingerprint density at radius 3 is 2.31 bits per heavy atom. The lowest BCUT2D eigenvalue weighted by Crippen LogP contribution is -2.31. The molecular formula is C20H23ClN2O5S. The van der Waals surface area contributed by atoms with Gasteiger partial charge in [0.05, 0.1) is 15.5 Å². The van der Waals surface area contributed by atoms with Gasteiger partial charge in [-0.05, 0) is 37.3 Å². The minimum absolute atomic E-state index is 0.0316. The van der Waals surface area contributed by atoms with Crippen LogP contribution >= 0.6 is 11.6 Å². The Balaban J connectivity index is 2.19. The van der Waals surface area contributed by atoms with E-state index in [2.05, 4.69) is 5.32 Å². The summed E-state index contributed by atoms with van der Waals surface area (Å²) in [5, 5.41) is 2.66. The quantitative estimate of drug-likeness (QED) is 0.636. The van der Waals surface area contributed by atoms with Gasteiger partial charge in [0, 0.05) is 18.8 Å². The summed E-state index contributed by atoms with van der Waals surface area (Å²) >= 11 is 6.07. The van der Waals surface area contributed by atoms with Crippen LogP contribution in [0, 0.1) is 0 Å². The largest absolute Gasteiger partial charge is 0.449 e. The Morgan fingerprint density at radius 2 is 1.72 bits per heavy atom. The van der Waals surface area contributed by atoms with Crippen LogP contribution in [0.15, 0.2) is 53.4 Å². The Kier molecular flexibility index (Phi) is 7.78. The lowest BCUT2D eigenvalue weighted by Gasteiger charge is -2.19. The molecule has 0 aliphatic carbocycles. The Labute approximate surface area is 175 Å². The minimum Gasteiger partial charge on any atom is -0.449 e. The number of hydrogen-bond acceptors (Lipinski definition) is 5. The molecule has 0 saturated heterocycles. The van der Waals surface area contributed by atoms with E-state index in [0.29, 0.717) is 5.69 Å². The van der Waals surface area contributed by atoms with E-state index >= 15 is 0 Å². The highest BCUT2D eigenvalue weighted by molar-refractivity contribution is 7.89. The number of nitrogens with zero attached hydrogens (tertiary/aromatic N) is 1. The summed E-state index contributed by atoms with van der Waals surface area (Å²) in [5.41, 5.74) is 0.435. The first-order valence-electron chi connectivity index (χ1n) is 9.07. The maximum Gasteiger partial charge on any atom is 0.340 e.